The summed E-state index contributed by atoms with van der Waals surface area (Å²) >= 11 is 1.59. The number of aromatic nitrogens is 2. The second-order valence-electron chi connectivity index (χ2n) is 4.46. The second-order valence-corrected chi connectivity index (χ2v) is 6.78. The zero-order chi connectivity index (χ0) is 17.9. The van der Waals surface area contributed by atoms with Crippen LogP contribution < -0.4 is 4.57 Å². The normalized spacial score (nSPS) is 11.9. The zero-order valence-electron chi connectivity index (χ0n) is 12.7. The van der Waals surface area contributed by atoms with E-state index in [0.717, 1.165) is 5.16 Å². The van der Waals surface area contributed by atoms with Gasteiger partial charge in [-0.2, -0.15) is 13.2 Å². The molecule has 0 radical (unpaired) electrons. The molecule has 0 saturated heterocycles. The van der Waals surface area contributed by atoms with E-state index in [4.69, 9.17) is 13.0 Å². The highest BCUT2D eigenvalue weighted by Crippen LogP contribution is 2.20. The Labute approximate surface area is 131 Å². The second kappa shape index (κ2) is 7.47. The summed E-state index contributed by atoms with van der Waals surface area (Å²) < 4.78 is 63.2. The molecule has 22 heavy (non-hydrogen) atoms. The summed E-state index contributed by atoms with van der Waals surface area (Å²) in [4.78, 5) is 10.9. The molecule has 0 fully saturated rings. The van der Waals surface area contributed by atoms with E-state index in [1.54, 1.807) is 18.7 Å². The van der Waals surface area contributed by atoms with Gasteiger partial charge in [-0.05, 0) is 18.7 Å². The molecule has 1 aromatic rings. The van der Waals surface area contributed by atoms with Gasteiger partial charge < -0.3 is 4.55 Å². The average molecular weight is 362 g/mol. The number of ketones is 1. The number of hydrogen-bond acceptors (Lipinski definition) is 5. The Hall–Kier alpha value is -1.07. The van der Waals surface area contributed by atoms with Gasteiger partial charge in [0.2, 0.25) is 0 Å². The third kappa shape index (κ3) is 5.61. The van der Waals surface area contributed by atoms with Crippen LogP contribution in [0.1, 0.15) is 18.3 Å². The van der Waals surface area contributed by atoms with Crippen molar-refractivity contribution in [3.05, 3.63) is 11.4 Å². The van der Waals surface area contributed by atoms with Crippen LogP contribution in [0.15, 0.2) is 5.16 Å². The van der Waals surface area contributed by atoms with Crippen molar-refractivity contribution in [1.29, 1.82) is 0 Å². The molecule has 0 bridgehead atoms. The largest absolute Gasteiger partial charge is 0.741 e. The average Bonchev–Trinajstić information content (AvgIpc) is 2.50. The maximum Gasteiger partial charge on any atom is 0.485 e. The number of carbonyl (C=O) groups is 1. The third-order valence-corrected chi connectivity index (χ3v) is 4.72. The van der Waals surface area contributed by atoms with Crippen LogP contribution in [-0.2, 0) is 29.0 Å². The third-order valence-electron chi connectivity index (χ3n) is 2.79. The SMILES string of the molecule is CC(=O)CSc1n(C)c(C)c(C)[n+]1C.O=S(=O)([O-])C(F)(F)F. The molecule has 1 aromatic heterocycles. The van der Waals surface area contributed by atoms with Crippen LogP contribution >= 0.6 is 11.8 Å². The molecule has 0 amide bonds. The molecule has 0 aliphatic rings. The Morgan fingerprint density at radius 3 is 2.00 bits per heavy atom. The van der Waals surface area contributed by atoms with Gasteiger partial charge in [-0.3, -0.25) is 4.79 Å². The van der Waals surface area contributed by atoms with Gasteiger partial charge >= 0.3 is 10.7 Å². The first-order chi connectivity index (χ1) is 9.70. The quantitative estimate of drug-likeness (QED) is 0.349. The topological polar surface area (TPSA) is 83.1 Å². The minimum atomic E-state index is -6.09. The molecule has 1 heterocycles. The van der Waals surface area contributed by atoms with Gasteiger partial charge in [0.15, 0.2) is 10.1 Å². The van der Waals surface area contributed by atoms with E-state index in [9.17, 15) is 18.0 Å². The van der Waals surface area contributed by atoms with E-state index >= 15 is 0 Å². The molecule has 0 aliphatic carbocycles. The molecular weight excluding hydrogens is 345 g/mol. The number of halogens is 3. The summed E-state index contributed by atoms with van der Waals surface area (Å²) in [5.74, 6) is 0.761. The monoisotopic (exact) mass is 362 g/mol. The van der Waals surface area contributed by atoms with Crippen molar-refractivity contribution in [3.8, 4) is 0 Å². The lowest BCUT2D eigenvalue weighted by molar-refractivity contribution is -0.715. The van der Waals surface area contributed by atoms with Crippen LogP contribution in [0.5, 0.6) is 0 Å². The van der Waals surface area contributed by atoms with E-state index in [0.29, 0.717) is 5.75 Å². The van der Waals surface area contributed by atoms with Crippen molar-refractivity contribution in [2.75, 3.05) is 5.75 Å². The molecule has 0 saturated carbocycles. The Balaban J connectivity index is 0.000000472. The summed E-state index contributed by atoms with van der Waals surface area (Å²) in [7, 11) is -2.03. The van der Waals surface area contributed by atoms with Crippen LogP contribution in [0.2, 0.25) is 0 Å². The minimum Gasteiger partial charge on any atom is -0.741 e. The van der Waals surface area contributed by atoms with Crippen molar-refractivity contribution in [1.82, 2.24) is 4.57 Å². The lowest BCUT2D eigenvalue weighted by Crippen LogP contribution is -2.32. The van der Waals surface area contributed by atoms with Crippen LogP contribution in [0, 0.1) is 13.8 Å². The Bertz CT molecular complexity index is 626. The first-order valence-corrected chi connectivity index (χ1v) is 8.25. The van der Waals surface area contributed by atoms with Crippen LogP contribution in [-0.4, -0.2) is 34.6 Å². The van der Waals surface area contributed by atoms with Gasteiger partial charge in [0.05, 0.1) is 19.8 Å². The van der Waals surface area contributed by atoms with E-state index in [1.807, 2.05) is 14.1 Å². The first-order valence-electron chi connectivity index (χ1n) is 5.86. The van der Waals surface area contributed by atoms with Gasteiger partial charge in [0.1, 0.15) is 17.2 Å². The smallest absolute Gasteiger partial charge is 0.485 e. The standard InChI is InChI=1S/C10H17N2OS.CHF3O3S/c1-7(13)6-14-10-11(4)8(2)9(3)12(10)5;2-1(3,4)8(5,6)7/h6H2,1-5H3;(H,5,6,7)/q+1;/p-1. The molecule has 11 heteroatoms. The number of hydrogen-bond donors (Lipinski definition) is 0. The number of Topliss-reactive ketones (excluding diaryl/α,β-unsaturated/α-hetero) is 1. The van der Waals surface area contributed by atoms with Gasteiger partial charge in [-0.15, -0.1) is 0 Å². The highest BCUT2D eigenvalue weighted by molar-refractivity contribution is 7.99. The van der Waals surface area contributed by atoms with E-state index < -0.39 is 15.6 Å². The lowest BCUT2D eigenvalue weighted by atomic mass is 10.4. The van der Waals surface area contributed by atoms with Gasteiger partial charge in [0.25, 0.3) is 0 Å². The fourth-order valence-corrected chi connectivity index (χ4v) is 2.35. The fraction of sp³-hybridized carbons (Fsp3) is 0.636. The Morgan fingerprint density at radius 1 is 1.36 bits per heavy atom. The van der Waals surface area contributed by atoms with E-state index in [-0.39, 0.29) is 5.78 Å². The van der Waals surface area contributed by atoms with Crippen molar-refractivity contribution in [3.63, 3.8) is 0 Å². The maximum absolute atomic E-state index is 10.9. The molecule has 0 spiro atoms. The summed E-state index contributed by atoms with van der Waals surface area (Å²) in [6.07, 6.45) is 0. The predicted octanol–water partition coefficient (Wildman–Crippen LogP) is 1.20. The van der Waals surface area contributed by atoms with Gasteiger partial charge in [-0.1, -0.05) is 0 Å². The van der Waals surface area contributed by atoms with E-state index in [2.05, 4.69) is 23.0 Å². The summed E-state index contributed by atoms with van der Waals surface area (Å²) in [6, 6.07) is 0. The van der Waals surface area contributed by atoms with Gasteiger partial charge in [0, 0.05) is 13.8 Å². The number of carbonyl (C=O) groups excluding carboxylic acids is 1. The number of alkyl halides is 3. The highest BCUT2D eigenvalue weighted by Gasteiger charge is 2.36. The van der Waals surface area contributed by atoms with E-state index in [1.165, 1.54) is 11.4 Å². The number of imidazole rings is 1. The summed E-state index contributed by atoms with van der Waals surface area (Å²) in [5, 5.41) is 1.13. The molecular formula is C11H17F3N2O4S2. The Morgan fingerprint density at radius 2 is 1.77 bits per heavy atom. The van der Waals surface area contributed by atoms with Crippen LogP contribution in [0.3, 0.4) is 0 Å². The molecule has 0 atom stereocenters. The first kappa shape index (κ1) is 20.9. The highest BCUT2D eigenvalue weighted by atomic mass is 32.2. The van der Waals surface area contributed by atoms with Crippen molar-refractivity contribution in [2.45, 2.75) is 31.4 Å². The van der Waals surface area contributed by atoms with Crippen molar-refractivity contribution in [2.24, 2.45) is 14.1 Å². The minimum absolute atomic E-state index is 0.214. The zero-order valence-corrected chi connectivity index (χ0v) is 14.3. The van der Waals surface area contributed by atoms with Crippen molar-refractivity contribution < 1.29 is 35.5 Å². The number of nitrogens with zero attached hydrogens (tertiary/aromatic N) is 2. The van der Waals surface area contributed by atoms with Gasteiger partial charge in [-0.25, -0.2) is 17.6 Å². The molecule has 128 valence electrons. The Kier molecular flexibility index (Phi) is 7.10. The molecule has 0 unspecified atom stereocenters. The van der Waals surface area contributed by atoms with Crippen molar-refractivity contribution >= 4 is 27.7 Å². The lowest BCUT2D eigenvalue weighted by Gasteiger charge is -2.08. The maximum atomic E-state index is 10.9. The summed E-state index contributed by atoms with van der Waals surface area (Å²) in [5.41, 5.74) is -3.15. The summed E-state index contributed by atoms with van der Waals surface area (Å²) in [6.45, 7) is 5.80. The number of rotatable bonds is 3. The molecule has 0 aromatic carbocycles. The number of thioether (sulfide) groups is 1. The van der Waals surface area contributed by atoms with Crippen LogP contribution in [0.4, 0.5) is 13.2 Å². The fourth-order valence-electron chi connectivity index (χ4n) is 1.36. The molecule has 0 aliphatic heterocycles. The predicted molar refractivity (Wildman–Crippen MR) is 73.2 cm³/mol. The molecule has 6 nitrogen and oxygen atoms in total. The molecule has 0 N–H and O–H groups in total. The van der Waals surface area contributed by atoms with Crippen LogP contribution in [0.25, 0.3) is 0 Å². The molecule has 1 rings (SSSR count).